The third-order valence-electron chi connectivity index (χ3n) is 2.85. The first-order chi connectivity index (χ1) is 10.0. The first kappa shape index (κ1) is 13.7. The third-order valence-corrected chi connectivity index (χ3v) is 3.76. The summed E-state index contributed by atoms with van der Waals surface area (Å²) in [5.41, 5.74) is 1.10. The lowest BCUT2D eigenvalue weighted by atomic mass is 10.2. The van der Waals surface area contributed by atoms with Crippen molar-refractivity contribution in [2.45, 2.75) is 0 Å². The second-order valence-electron chi connectivity index (χ2n) is 4.29. The summed E-state index contributed by atoms with van der Waals surface area (Å²) in [4.78, 5) is 4.21. The summed E-state index contributed by atoms with van der Waals surface area (Å²) in [6.07, 6.45) is 0. The maximum atomic E-state index is 9.69. The summed E-state index contributed by atoms with van der Waals surface area (Å²) in [7, 11) is 0. The smallest absolute Gasteiger partial charge is 0.258 e. The van der Waals surface area contributed by atoms with Gasteiger partial charge in [-0.1, -0.05) is 5.16 Å². The minimum atomic E-state index is -0.259. The van der Waals surface area contributed by atoms with E-state index in [1.54, 1.807) is 18.2 Å². The van der Waals surface area contributed by atoms with Gasteiger partial charge in [-0.25, -0.2) is 0 Å². The van der Waals surface area contributed by atoms with Crippen molar-refractivity contribution >= 4 is 22.6 Å². The third kappa shape index (κ3) is 2.64. The number of benzene rings is 2. The molecule has 0 atom stereocenters. The van der Waals surface area contributed by atoms with Gasteiger partial charge in [-0.2, -0.15) is 4.98 Å². The Morgan fingerprint density at radius 3 is 2.29 bits per heavy atom. The highest BCUT2D eigenvalue weighted by atomic mass is 127. The quantitative estimate of drug-likeness (QED) is 0.455. The Morgan fingerprint density at radius 1 is 0.857 bits per heavy atom. The van der Waals surface area contributed by atoms with Gasteiger partial charge in [-0.15, -0.1) is 0 Å². The molecule has 7 heteroatoms. The molecule has 0 saturated heterocycles. The van der Waals surface area contributed by atoms with Crippen LogP contribution in [0.5, 0.6) is 17.2 Å². The molecular weight excluding hydrogens is 387 g/mol. The zero-order valence-electron chi connectivity index (χ0n) is 10.5. The van der Waals surface area contributed by atoms with Crippen LogP contribution in [0, 0.1) is 3.57 Å². The molecule has 2 aromatic carbocycles. The number of aromatic nitrogens is 2. The van der Waals surface area contributed by atoms with Gasteiger partial charge in [0.05, 0.1) is 3.57 Å². The number of hydrogen-bond acceptors (Lipinski definition) is 6. The molecule has 0 unspecified atom stereocenters. The molecule has 3 rings (SSSR count). The first-order valence-electron chi connectivity index (χ1n) is 5.89. The first-order valence-corrected chi connectivity index (χ1v) is 6.97. The average Bonchev–Trinajstić information content (AvgIpc) is 2.94. The topological polar surface area (TPSA) is 99.6 Å². The van der Waals surface area contributed by atoms with Crippen LogP contribution in [0.1, 0.15) is 0 Å². The van der Waals surface area contributed by atoms with Crippen LogP contribution >= 0.6 is 22.6 Å². The highest BCUT2D eigenvalue weighted by Gasteiger charge is 2.13. The van der Waals surface area contributed by atoms with Crippen LogP contribution in [-0.2, 0) is 0 Å². The Labute approximate surface area is 132 Å². The van der Waals surface area contributed by atoms with Gasteiger partial charge in [0.1, 0.15) is 5.75 Å². The van der Waals surface area contributed by atoms with Gasteiger partial charge in [0, 0.05) is 11.1 Å². The van der Waals surface area contributed by atoms with Crippen molar-refractivity contribution in [3.8, 4) is 40.1 Å². The van der Waals surface area contributed by atoms with Gasteiger partial charge < -0.3 is 19.8 Å². The highest BCUT2D eigenvalue weighted by Crippen LogP contribution is 2.31. The lowest BCUT2D eigenvalue weighted by molar-refractivity contribution is 0.404. The molecule has 106 valence electrons. The predicted octanol–water partition coefficient (Wildman–Crippen LogP) is 3.13. The number of aromatic hydroxyl groups is 3. The van der Waals surface area contributed by atoms with Crippen LogP contribution in [0.3, 0.4) is 0 Å². The van der Waals surface area contributed by atoms with E-state index in [4.69, 9.17) is 4.52 Å². The molecular formula is C14H9IN2O4. The Morgan fingerprint density at radius 2 is 1.57 bits per heavy atom. The second kappa shape index (κ2) is 5.24. The molecule has 1 aromatic heterocycles. The molecule has 0 aliphatic heterocycles. The van der Waals surface area contributed by atoms with Crippen molar-refractivity contribution in [2.75, 3.05) is 0 Å². The molecule has 0 bridgehead atoms. The highest BCUT2D eigenvalue weighted by molar-refractivity contribution is 14.1. The molecule has 0 fully saturated rings. The van der Waals surface area contributed by atoms with Gasteiger partial charge in [0.15, 0.2) is 11.5 Å². The van der Waals surface area contributed by atoms with E-state index < -0.39 is 0 Å². The Balaban J connectivity index is 1.99. The van der Waals surface area contributed by atoms with E-state index in [-0.39, 0.29) is 29.0 Å². The maximum absolute atomic E-state index is 9.69. The molecule has 1 heterocycles. The van der Waals surface area contributed by atoms with Crippen LogP contribution in [-0.4, -0.2) is 25.5 Å². The summed E-state index contributed by atoms with van der Waals surface area (Å²) >= 11 is 2.01. The van der Waals surface area contributed by atoms with E-state index >= 15 is 0 Å². The standard InChI is InChI=1S/C14H9IN2O4/c15-9-3-1-8(6-11(9)19)14-16-13(17-21-14)7-2-4-10(18)12(20)5-7/h1-6,18-20H. The zero-order valence-corrected chi connectivity index (χ0v) is 12.6. The van der Waals surface area contributed by atoms with E-state index in [2.05, 4.69) is 10.1 Å². The van der Waals surface area contributed by atoms with Crippen LogP contribution in [0.25, 0.3) is 22.8 Å². The van der Waals surface area contributed by atoms with Gasteiger partial charge in [-0.3, -0.25) is 0 Å². The fourth-order valence-corrected chi connectivity index (χ4v) is 2.10. The van der Waals surface area contributed by atoms with Crippen LogP contribution in [0.15, 0.2) is 40.9 Å². The number of rotatable bonds is 2. The summed E-state index contributed by atoms with van der Waals surface area (Å²) in [5.74, 6) is 0.188. The monoisotopic (exact) mass is 396 g/mol. The minimum Gasteiger partial charge on any atom is -0.507 e. The van der Waals surface area contributed by atoms with Crippen LogP contribution in [0.2, 0.25) is 0 Å². The van der Waals surface area contributed by atoms with Crippen molar-refractivity contribution in [3.63, 3.8) is 0 Å². The lowest BCUT2D eigenvalue weighted by Crippen LogP contribution is -1.82. The molecule has 0 saturated carbocycles. The summed E-state index contributed by atoms with van der Waals surface area (Å²) in [6.45, 7) is 0. The normalized spacial score (nSPS) is 10.7. The lowest BCUT2D eigenvalue weighted by Gasteiger charge is -1.99. The van der Waals surface area contributed by atoms with Gasteiger partial charge in [0.2, 0.25) is 5.82 Å². The Bertz CT molecular complexity index is 750. The average molecular weight is 396 g/mol. The number of phenolic OH excluding ortho intramolecular Hbond substituents is 3. The number of hydrogen-bond donors (Lipinski definition) is 3. The predicted molar refractivity (Wildman–Crippen MR) is 82.9 cm³/mol. The van der Waals surface area contributed by atoms with E-state index in [1.807, 2.05) is 22.6 Å². The van der Waals surface area contributed by atoms with E-state index in [0.29, 0.717) is 11.1 Å². The molecule has 0 amide bonds. The van der Waals surface area contributed by atoms with Crippen LogP contribution in [0.4, 0.5) is 0 Å². The van der Waals surface area contributed by atoms with Crippen molar-refractivity contribution in [1.82, 2.24) is 10.1 Å². The van der Waals surface area contributed by atoms with Crippen molar-refractivity contribution in [2.24, 2.45) is 0 Å². The number of phenols is 3. The van der Waals surface area contributed by atoms with E-state index in [1.165, 1.54) is 18.2 Å². The largest absolute Gasteiger partial charge is 0.507 e. The summed E-state index contributed by atoms with van der Waals surface area (Å²) in [6, 6.07) is 9.28. The summed E-state index contributed by atoms with van der Waals surface area (Å²) < 4.78 is 5.87. The minimum absolute atomic E-state index is 0.134. The van der Waals surface area contributed by atoms with E-state index in [9.17, 15) is 15.3 Å². The van der Waals surface area contributed by atoms with Gasteiger partial charge in [-0.05, 0) is 59.0 Å². The van der Waals surface area contributed by atoms with Crippen molar-refractivity contribution in [3.05, 3.63) is 40.0 Å². The Hall–Kier alpha value is -2.29. The molecule has 0 aliphatic rings. The molecule has 0 spiro atoms. The molecule has 0 radical (unpaired) electrons. The Kier molecular flexibility index (Phi) is 3.42. The molecule has 6 nitrogen and oxygen atoms in total. The van der Waals surface area contributed by atoms with Crippen molar-refractivity contribution in [1.29, 1.82) is 0 Å². The van der Waals surface area contributed by atoms with E-state index in [0.717, 1.165) is 3.57 Å². The zero-order chi connectivity index (χ0) is 15.0. The van der Waals surface area contributed by atoms with Crippen LogP contribution < -0.4 is 0 Å². The molecule has 21 heavy (non-hydrogen) atoms. The van der Waals surface area contributed by atoms with Crippen molar-refractivity contribution < 1.29 is 19.8 Å². The number of halogens is 1. The molecule has 3 aromatic rings. The van der Waals surface area contributed by atoms with Gasteiger partial charge >= 0.3 is 0 Å². The fraction of sp³-hybridized carbons (Fsp3) is 0. The van der Waals surface area contributed by atoms with Gasteiger partial charge in [0.25, 0.3) is 5.89 Å². The second-order valence-corrected chi connectivity index (χ2v) is 5.46. The maximum Gasteiger partial charge on any atom is 0.258 e. The number of nitrogens with zero attached hydrogens (tertiary/aromatic N) is 2. The SMILES string of the molecule is Oc1ccc(-c2noc(-c3ccc(I)c(O)c3)n2)cc1O. The summed E-state index contributed by atoms with van der Waals surface area (Å²) in [5, 5.41) is 32.3. The molecule has 0 aliphatic carbocycles. The fourth-order valence-electron chi connectivity index (χ4n) is 1.77. The molecule has 3 N–H and O–H groups in total.